The van der Waals surface area contributed by atoms with E-state index in [9.17, 15) is 4.79 Å². The highest BCUT2D eigenvalue weighted by atomic mass is 35.5. The quantitative estimate of drug-likeness (QED) is 0.770. The maximum Gasteiger partial charge on any atom is 0.250 e. The summed E-state index contributed by atoms with van der Waals surface area (Å²) in [5, 5.41) is 3.35. The molecule has 1 aromatic rings. The summed E-state index contributed by atoms with van der Waals surface area (Å²) in [5.74, 6) is 0.0339. The summed E-state index contributed by atoms with van der Waals surface area (Å²) in [5.41, 5.74) is 5.36. The summed E-state index contributed by atoms with van der Waals surface area (Å²) < 4.78 is 0. The van der Waals surface area contributed by atoms with Crippen LogP contribution in [0.1, 0.15) is 17.3 Å². The van der Waals surface area contributed by atoms with E-state index in [1.54, 1.807) is 0 Å². The first kappa shape index (κ1) is 9.80. The molecule has 0 aliphatic carbocycles. The van der Waals surface area contributed by atoms with Crippen molar-refractivity contribution in [2.75, 3.05) is 11.9 Å². The molecule has 5 heteroatoms. The van der Waals surface area contributed by atoms with Crippen LogP contribution in [0.2, 0.25) is 5.02 Å². The molecule has 0 saturated heterocycles. The Morgan fingerprint density at radius 1 is 1.77 bits per heavy atom. The van der Waals surface area contributed by atoms with Crippen molar-refractivity contribution in [2.24, 2.45) is 5.73 Å². The number of carbonyl (C=O) groups is 1. The lowest BCUT2D eigenvalue weighted by atomic mass is 10.3. The molecule has 0 aliphatic rings. The van der Waals surface area contributed by atoms with Crippen LogP contribution in [-0.4, -0.2) is 17.4 Å². The molecule has 1 heterocycles. The number of nitrogens with one attached hydrogen (secondary N) is 1. The zero-order valence-corrected chi connectivity index (χ0v) is 7.93. The number of nitrogens with two attached hydrogens (primary N) is 1. The fourth-order valence-electron chi connectivity index (χ4n) is 0.870. The van der Waals surface area contributed by atoms with Gasteiger partial charge in [-0.2, -0.15) is 0 Å². The minimum atomic E-state index is -0.530. The number of halogens is 1. The molecule has 0 radical (unpaired) electrons. The zero-order valence-electron chi connectivity index (χ0n) is 7.17. The standard InChI is InChI=1S/C8H10ClN3O/c1-2-11-8-6(9)3-5(4-12-8)7(10)13/h3-4H,2H2,1H3,(H2,10,13)(H,11,12). The number of carbonyl (C=O) groups excluding carboxylic acids is 1. The van der Waals surface area contributed by atoms with Crippen LogP contribution in [0, 0.1) is 0 Å². The Bertz CT molecular complexity index is 327. The first-order valence-corrected chi connectivity index (χ1v) is 4.22. The van der Waals surface area contributed by atoms with E-state index in [0.29, 0.717) is 16.4 Å². The largest absolute Gasteiger partial charge is 0.369 e. The molecule has 0 bridgehead atoms. The smallest absolute Gasteiger partial charge is 0.250 e. The van der Waals surface area contributed by atoms with Crippen molar-refractivity contribution in [3.8, 4) is 0 Å². The summed E-state index contributed by atoms with van der Waals surface area (Å²) >= 11 is 5.82. The third kappa shape index (κ3) is 2.32. The molecular weight excluding hydrogens is 190 g/mol. The van der Waals surface area contributed by atoms with Crippen LogP contribution in [0.15, 0.2) is 12.3 Å². The molecule has 0 atom stereocenters. The minimum Gasteiger partial charge on any atom is -0.369 e. The van der Waals surface area contributed by atoms with Gasteiger partial charge in [-0.3, -0.25) is 4.79 Å². The van der Waals surface area contributed by atoms with E-state index in [2.05, 4.69) is 10.3 Å². The molecule has 0 fully saturated rings. The van der Waals surface area contributed by atoms with Gasteiger partial charge in [0.2, 0.25) is 5.91 Å². The van der Waals surface area contributed by atoms with E-state index in [0.717, 1.165) is 6.54 Å². The number of nitrogens with zero attached hydrogens (tertiary/aromatic N) is 1. The lowest BCUT2D eigenvalue weighted by Crippen LogP contribution is -2.12. The average Bonchev–Trinajstić information content (AvgIpc) is 2.08. The highest BCUT2D eigenvalue weighted by Crippen LogP contribution is 2.19. The Labute approximate surface area is 81.1 Å². The highest BCUT2D eigenvalue weighted by Gasteiger charge is 2.05. The van der Waals surface area contributed by atoms with E-state index in [-0.39, 0.29) is 0 Å². The molecule has 1 amide bonds. The second kappa shape index (κ2) is 4.09. The number of hydrogen-bond donors (Lipinski definition) is 2. The fourth-order valence-corrected chi connectivity index (χ4v) is 1.10. The fraction of sp³-hybridized carbons (Fsp3) is 0.250. The molecule has 13 heavy (non-hydrogen) atoms. The summed E-state index contributed by atoms with van der Waals surface area (Å²) in [6.45, 7) is 2.66. The van der Waals surface area contributed by atoms with Crippen LogP contribution in [0.5, 0.6) is 0 Å². The maximum absolute atomic E-state index is 10.7. The number of anilines is 1. The Kier molecular flexibility index (Phi) is 3.08. The SMILES string of the molecule is CCNc1ncc(C(N)=O)cc1Cl. The third-order valence-corrected chi connectivity index (χ3v) is 1.76. The van der Waals surface area contributed by atoms with Crippen molar-refractivity contribution in [1.29, 1.82) is 0 Å². The molecule has 4 nitrogen and oxygen atoms in total. The molecule has 3 N–H and O–H groups in total. The number of rotatable bonds is 3. The summed E-state index contributed by atoms with van der Waals surface area (Å²) in [4.78, 5) is 14.7. The molecule has 0 aromatic carbocycles. The molecule has 0 spiro atoms. The Balaban J connectivity index is 2.98. The minimum absolute atomic E-state index is 0.312. The van der Waals surface area contributed by atoms with Gasteiger partial charge in [0.1, 0.15) is 5.82 Å². The number of hydrogen-bond acceptors (Lipinski definition) is 3. The zero-order chi connectivity index (χ0) is 9.84. The maximum atomic E-state index is 10.7. The predicted molar refractivity (Wildman–Crippen MR) is 51.9 cm³/mol. The molecule has 0 aliphatic heterocycles. The number of amides is 1. The van der Waals surface area contributed by atoms with Crippen LogP contribution in [0.3, 0.4) is 0 Å². The van der Waals surface area contributed by atoms with Crippen LogP contribution in [0.4, 0.5) is 5.82 Å². The summed E-state index contributed by atoms with van der Waals surface area (Å²) in [6, 6.07) is 1.49. The van der Waals surface area contributed by atoms with Crippen LogP contribution in [-0.2, 0) is 0 Å². The van der Waals surface area contributed by atoms with Gasteiger partial charge in [-0.15, -0.1) is 0 Å². The van der Waals surface area contributed by atoms with E-state index >= 15 is 0 Å². The molecule has 70 valence electrons. The van der Waals surface area contributed by atoms with Gasteiger partial charge in [-0.1, -0.05) is 11.6 Å². The van der Waals surface area contributed by atoms with Gasteiger partial charge in [-0.05, 0) is 13.0 Å². The van der Waals surface area contributed by atoms with Gasteiger partial charge in [0.15, 0.2) is 0 Å². The average molecular weight is 200 g/mol. The highest BCUT2D eigenvalue weighted by molar-refractivity contribution is 6.33. The van der Waals surface area contributed by atoms with Crippen molar-refractivity contribution in [3.63, 3.8) is 0 Å². The monoisotopic (exact) mass is 199 g/mol. The molecule has 0 unspecified atom stereocenters. The third-order valence-electron chi connectivity index (χ3n) is 1.47. The van der Waals surface area contributed by atoms with Gasteiger partial charge < -0.3 is 11.1 Å². The summed E-state index contributed by atoms with van der Waals surface area (Å²) in [6.07, 6.45) is 1.40. The van der Waals surface area contributed by atoms with Gasteiger partial charge in [0, 0.05) is 12.7 Å². The van der Waals surface area contributed by atoms with Gasteiger partial charge in [0.25, 0.3) is 0 Å². The first-order valence-electron chi connectivity index (χ1n) is 3.84. The molecular formula is C8H10ClN3O. The van der Waals surface area contributed by atoms with Crippen molar-refractivity contribution in [2.45, 2.75) is 6.92 Å². The summed E-state index contributed by atoms with van der Waals surface area (Å²) in [7, 11) is 0. The lowest BCUT2D eigenvalue weighted by Gasteiger charge is -2.04. The molecule has 1 aromatic heterocycles. The van der Waals surface area contributed by atoms with Crippen LogP contribution in [0.25, 0.3) is 0 Å². The Hall–Kier alpha value is -1.29. The van der Waals surface area contributed by atoms with E-state index < -0.39 is 5.91 Å². The number of aromatic nitrogens is 1. The number of primary amides is 1. The molecule has 0 saturated carbocycles. The normalized spacial score (nSPS) is 9.69. The topological polar surface area (TPSA) is 68.0 Å². The second-order valence-corrected chi connectivity index (χ2v) is 2.86. The van der Waals surface area contributed by atoms with Crippen LogP contribution < -0.4 is 11.1 Å². The van der Waals surface area contributed by atoms with Gasteiger partial charge in [0.05, 0.1) is 10.6 Å². The van der Waals surface area contributed by atoms with Crippen LogP contribution >= 0.6 is 11.6 Å². The van der Waals surface area contributed by atoms with E-state index in [4.69, 9.17) is 17.3 Å². The van der Waals surface area contributed by atoms with Gasteiger partial charge in [-0.25, -0.2) is 4.98 Å². The van der Waals surface area contributed by atoms with E-state index in [1.165, 1.54) is 12.3 Å². The Morgan fingerprint density at radius 2 is 2.46 bits per heavy atom. The van der Waals surface area contributed by atoms with Crippen molar-refractivity contribution in [3.05, 3.63) is 22.8 Å². The second-order valence-electron chi connectivity index (χ2n) is 2.45. The van der Waals surface area contributed by atoms with E-state index in [1.807, 2.05) is 6.92 Å². The van der Waals surface area contributed by atoms with Gasteiger partial charge >= 0.3 is 0 Å². The van der Waals surface area contributed by atoms with Crippen molar-refractivity contribution in [1.82, 2.24) is 4.98 Å². The van der Waals surface area contributed by atoms with Crippen molar-refractivity contribution < 1.29 is 4.79 Å². The predicted octanol–water partition coefficient (Wildman–Crippen LogP) is 1.27. The van der Waals surface area contributed by atoms with Crippen molar-refractivity contribution >= 4 is 23.3 Å². The molecule has 1 rings (SSSR count). The lowest BCUT2D eigenvalue weighted by molar-refractivity contribution is 0.1000. The number of pyridine rings is 1. The first-order chi connectivity index (χ1) is 6.15. The Morgan fingerprint density at radius 3 is 2.92 bits per heavy atom.